The van der Waals surface area contributed by atoms with Crippen LogP contribution in [0.3, 0.4) is 0 Å². The van der Waals surface area contributed by atoms with Crippen molar-refractivity contribution in [2.75, 3.05) is 29.4 Å². The van der Waals surface area contributed by atoms with E-state index < -0.39 is 0 Å². The number of anilines is 2. The predicted molar refractivity (Wildman–Crippen MR) is 108 cm³/mol. The molecule has 0 bridgehead atoms. The minimum atomic E-state index is 0.0560. The third-order valence-electron chi connectivity index (χ3n) is 5.45. The van der Waals surface area contributed by atoms with Crippen molar-refractivity contribution in [3.63, 3.8) is 0 Å². The van der Waals surface area contributed by atoms with Crippen LogP contribution in [0, 0.1) is 18.8 Å². The lowest BCUT2D eigenvalue weighted by Gasteiger charge is -2.34. The van der Waals surface area contributed by atoms with Crippen molar-refractivity contribution < 1.29 is 4.79 Å². The minimum Gasteiger partial charge on any atom is -0.341 e. The number of halogens is 1. The molecule has 1 aromatic heterocycles. The molecule has 2 heterocycles. The average molecular weight is 385 g/mol. The Morgan fingerprint density at radius 2 is 1.85 bits per heavy atom. The Labute approximate surface area is 165 Å². The molecule has 1 amide bonds. The Balaban J connectivity index is 1.43. The predicted octanol–water partition coefficient (Wildman–Crippen LogP) is 4.10. The topological polar surface area (TPSA) is 49.3 Å². The molecule has 2 aromatic rings. The zero-order valence-corrected chi connectivity index (χ0v) is 16.4. The van der Waals surface area contributed by atoms with Crippen LogP contribution in [0.15, 0.2) is 36.5 Å². The fourth-order valence-corrected chi connectivity index (χ4v) is 3.76. The SMILES string of the molecule is Cc1ccnc(N2CCC(C(=O)N(CC3CC3)c3ccc(Cl)cc3)CC2)n1. The molecule has 2 fully saturated rings. The molecule has 0 unspecified atom stereocenters. The number of nitrogens with zero attached hydrogens (tertiary/aromatic N) is 4. The molecule has 4 rings (SSSR count). The van der Waals surface area contributed by atoms with Gasteiger partial charge in [-0.1, -0.05) is 11.6 Å². The first-order valence-corrected chi connectivity index (χ1v) is 10.1. The van der Waals surface area contributed by atoms with E-state index in [1.54, 1.807) is 6.20 Å². The average Bonchev–Trinajstić information content (AvgIpc) is 3.51. The number of benzene rings is 1. The fourth-order valence-electron chi connectivity index (χ4n) is 3.64. The van der Waals surface area contributed by atoms with Crippen molar-refractivity contribution in [1.29, 1.82) is 0 Å². The van der Waals surface area contributed by atoms with Gasteiger partial charge in [-0.2, -0.15) is 0 Å². The van der Waals surface area contributed by atoms with Gasteiger partial charge in [-0.05, 0) is 68.9 Å². The van der Waals surface area contributed by atoms with Gasteiger partial charge in [0.05, 0.1) is 0 Å². The standard InChI is InChI=1S/C21H25ClN4O/c1-15-8-11-23-21(24-15)25-12-9-17(10-13-25)20(27)26(14-16-2-3-16)19-6-4-18(22)5-7-19/h4-8,11,16-17H,2-3,9-10,12-14H2,1H3. The lowest BCUT2D eigenvalue weighted by molar-refractivity contribution is -0.123. The first-order chi connectivity index (χ1) is 13.1. The normalized spacial score (nSPS) is 17.8. The number of hydrogen-bond donors (Lipinski definition) is 0. The summed E-state index contributed by atoms with van der Waals surface area (Å²) in [4.78, 5) is 26.3. The molecule has 0 atom stereocenters. The second-order valence-electron chi connectivity index (χ2n) is 7.63. The summed E-state index contributed by atoms with van der Waals surface area (Å²) < 4.78 is 0. The summed E-state index contributed by atoms with van der Waals surface area (Å²) in [6.07, 6.45) is 5.92. The van der Waals surface area contributed by atoms with E-state index in [1.165, 1.54) is 12.8 Å². The van der Waals surface area contributed by atoms with E-state index in [4.69, 9.17) is 11.6 Å². The third-order valence-corrected chi connectivity index (χ3v) is 5.70. The highest BCUT2D eigenvalue weighted by atomic mass is 35.5. The number of hydrogen-bond acceptors (Lipinski definition) is 4. The summed E-state index contributed by atoms with van der Waals surface area (Å²) >= 11 is 6.03. The Hall–Kier alpha value is -2.14. The van der Waals surface area contributed by atoms with Crippen LogP contribution < -0.4 is 9.80 Å². The number of aromatic nitrogens is 2. The van der Waals surface area contributed by atoms with Crippen LogP contribution >= 0.6 is 11.6 Å². The molecule has 6 heteroatoms. The number of amides is 1. The molecular weight excluding hydrogens is 360 g/mol. The highest BCUT2D eigenvalue weighted by Crippen LogP contribution is 2.33. The van der Waals surface area contributed by atoms with Crippen LogP contribution in [0.25, 0.3) is 0 Å². The zero-order chi connectivity index (χ0) is 18.8. The molecule has 1 saturated heterocycles. The van der Waals surface area contributed by atoms with E-state index in [1.807, 2.05) is 42.2 Å². The van der Waals surface area contributed by atoms with Crippen LogP contribution in [0.4, 0.5) is 11.6 Å². The molecule has 0 N–H and O–H groups in total. The second kappa shape index (κ2) is 7.85. The first kappa shape index (κ1) is 18.2. The highest BCUT2D eigenvalue weighted by molar-refractivity contribution is 6.30. The van der Waals surface area contributed by atoms with Gasteiger partial charge >= 0.3 is 0 Å². The van der Waals surface area contributed by atoms with Crippen LogP contribution in [-0.4, -0.2) is 35.5 Å². The summed E-state index contributed by atoms with van der Waals surface area (Å²) in [5, 5.41) is 0.698. The van der Waals surface area contributed by atoms with Crippen molar-refractivity contribution in [3.8, 4) is 0 Å². The van der Waals surface area contributed by atoms with Gasteiger partial charge in [-0.25, -0.2) is 9.97 Å². The Morgan fingerprint density at radius 1 is 1.15 bits per heavy atom. The van der Waals surface area contributed by atoms with E-state index in [2.05, 4.69) is 14.9 Å². The number of carbonyl (C=O) groups is 1. The monoisotopic (exact) mass is 384 g/mol. The number of piperidine rings is 1. The van der Waals surface area contributed by atoms with Crippen molar-refractivity contribution in [1.82, 2.24) is 9.97 Å². The highest BCUT2D eigenvalue weighted by Gasteiger charge is 2.33. The van der Waals surface area contributed by atoms with Gasteiger partial charge in [-0.3, -0.25) is 4.79 Å². The summed E-state index contributed by atoms with van der Waals surface area (Å²) in [7, 11) is 0. The first-order valence-electron chi connectivity index (χ1n) is 9.71. The maximum Gasteiger partial charge on any atom is 0.230 e. The molecule has 1 aromatic carbocycles. The van der Waals surface area contributed by atoms with Crippen molar-refractivity contribution in [3.05, 3.63) is 47.2 Å². The third kappa shape index (κ3) is 4.41. The van der Waals surface area contributed by atoms with E-state index in [-0.39, 0.29) is 11.8 Å². The zero-order valence-electron chi connectivity index (χ0n) is 15.6. The van der Waals surface area contributed by atoms with Gasteiger partial charge in [0.15, 0.2) is 0 Å². The molecule has 27 heavy (non-hydrogen) atoms. The summed E-state index contributed by atoms with van der Waals surface area (Å²) in [6, 6.07) is 9.54. The summed E-state index contributed by atoms with van der Waals surface area (Å²) in [5.74, 6) is 1.72. The Kier molecular flexibility index (Phi) is 5.30. The molecular formula is C21H25ClN4O. The van der Waals surface area contributed by atoms with Crippen molar-refractivity contribution in [2.45, 2.75) is 32.6 Å². The van der Waals surface area contributed by atoms with Crippen molar-refractivity contribution >= 4 is 29.1 Å². The molecule has 1 saturated carbocycles. The second-order valence-corrected chi connectivity index (χ2v) is 8.06. The van der Waals surface area contributed by atoms with Crippen LogP contribution in [-0.2, 0) is 4.79 Å². The largest absolute Gasteiger partial charge is 0.341 e. The molecule has 0 spiro atoms. The van der Waals surface area contributed by atoms with Crippen LogP contribution in [0.1, 0.15) is 31.4 Å². The molecule has 1 aliphatic carbocycles. The Morgan fingerprint density at radius 3 is 2.48 bits per heavy atom. The maximum atomic E-state index is 13.3. The van der Waals surface area contributed by atoms with Gasteiger partial charge in [0, 0.05) is 48.2 Å². The van der Waals surface area contributed by atoms with Gasteiger partial charge < -0.3 is 9.80 Å². The lowest BCUT2D eigenvalue weighted by atomic mass is 9.95. The lowest BCUT2D eigenvalue weighted by Crippen LogP contribution is -2.44. The van der Waals surface area contributed by atoms with E-state index in [0.717, 1.165) is 49.8 Å². The number of carbonyl (C=O) groups excluding carboxylic acids is 1. The van der Waals surface area contributed by atoms with Crippen molar-refractivity contribution in [2.24, 2.45) is 11.8 Å². The molecule has 5 nitrogen and oxygen atoms in total. The molecule has 1 aliphatic heterocycles. The van der Waals surface area contributed by atoms with E-state index in [0.29, 0.717) is 10.9 Å². The summed E-state index contributed by atoms with van der Waals surface area (Å²) in [6.45, 7) is 4.43. The number of rotatable bonds is 5. The van der Waals surface area contributed by atoms with Gasteiger partial charge in [0.2, 0.25) is 11.9 Å². The number of aryl methyl sites for hydroxylation is 1. The summed E-state index contributed by atoms with van der Waals surface area (Å²) in [5.41, 5.74) is 1.93. The molecule has 2 aliphatic rings. The van der Waals surface area contributed by atoms with Gasteiger partial charge in [0.1, 0.15) is 0 Å². The van der Waals surface area contributed by atoms with Gasteiger partial charge in [0.25, 0.3) is 0 Å². The fraction of sp³-hybridized carbons (Fsp3) is 0.476. The smallest absolute Gasteiger partial charge is 0.230 e. The quantitative estimate of drug-likeness (QED) is 0.778. The van der Waals surface area contributed by atoms with Crippen LogP contribution in [0.5, 0.6) is 0 Å². The minimum absolute atomic E-state index is 0.0560. The molecule has 0 radical (unpaired) electrons. The van der Waals surface area contributed by atoms with E-state index >= 15 is 0 Å². The maximum absolute atomic E-state index is 13.3. The van der Waals surface area contributed by atoms with Gasteiger partial charge in [-0.15, -0.1) is 0 Å². The van der Waals surface area contributed by atoms with Crippen LogP contribution in [0.2, 0.25) is 5.02 Å². The molecule has 142 valence electrons. The Bertz CT molecular complexity index is 798. The van der Waals surface area contributed by atoms with E-state index in [9.17, 15) is 4.79 Å².